The number of hydrogen-bond donors (Lipinski definition) is 1. The molecule has 0 bridgehead atoms. The molecule has 47 heavy (non-hydrogen) atoms. The van der Waals surface area contributed by atoms with Crippen LogP contribution in [0, 0.1) is 34.1 Å². The first-order valence-corrected chi connectivity index (χ1v) is 16.4. The molecule has 2 aromatic carbocycles. The van der Waals surface area contributed by atoms with Crippen molar-refractivity contribution in [2.45, 2.75) is 52.4 Å². The summed E-state index contributed by atoms with van der Waals surface area (Å²) in [5, 5.41) is 37.6. The molecule has 11 heteroatoms. The van der Waals surface area contributed by atoms with Gasteiger partial charge in [-0.05, 0) is 35.8 Å². The molecule has 0 aliphatic carbocycles. The maximum absolute atomic E-state index is 12.8. The number of quaternary nitrogens is 2. The average molecular weight is 654 g/mol. The molecule has 1 N–H and O–H groups in total. The van der Waals surface area contributed by atoms with E-state index < -0.39 is 27.1 Å². The SMILES string of the molecule is CCC(c1ccccc1)C(C(=O)[O-])C(C)C(=O)NCC[N+](C)(C)[O-].CCC(c1ccccc1)C1C(=O)N(CC[N+](C)(C)[O-])C(=O)C1C. The Morgan fingerprint density at radius 2 is 1.34 bits per heavy atom. The molecular formula is C36H53N4O7-. The zero-order chi connectivity index (χ0) is 35.5. The normalized spacial score (nSPS) is 19.3. The number of hydroxylamine groups is 6. The number of aliphatic carboxylic acids is 1. The van der Waals surface area contributed by atoms with Crippen LogP contribution in [0.25, 0.3) is 0 Å². The van der Waals surface area contributed by atoms with Crippen LogP contribution in [0.5, 0.6) is 0 Å². The van der Waals surface area contributed by atoms with E-state index in [-0.39, 0.29) is 67.6 Å². The van der Waals surface area contributed by atoms with Crippen molar-refractivity contribution < 1.29 is 33.6 Å². The fourth-order valence-electron chi connectivity index (χ4n) is 6.27. The number of carbonyl (C=O) groups is 4. The number of likely N-dealkylation sites (N-methyl/N-ethyl adjacent to an activating group) is 2. The Hall–Kier alpha value is -3.64. The minimum absolute atomic E-state index is 0.0300. The Morgan fingerprint density at radius 1 is 0.830 bits per heavy atom. The molecule has 6 unspecified atom stereocenters. The lowest BCUT2D eigenvalue weighted by atomic mass is 9.76. The van der Waals surface area contributed by atoms with E-state index in [1.165, 1.54) is 33.1 Å². The van der Waals surface area contributed by atoms with Gasteiger partial charge in [0.1, 0.15) is 0 Å². The summed E-state index contributed by atoms with van der Waals surface area (Å²) >= 11 is 0. The maximum atomic E-state index is 12.8. The first kappa shape index (κ1) is 39.5. The second-order valence-corrected chi connectivity index (χ2v) is 13.5. The van der Waals surface area contributed by atoms with Crippen LogP contribution in [-0.4, -0.2) is 92.3 Å². The number of carboxylic acid groups (broad SMARTS) is 1. The van der Waals surface area contributed by atoms with Gasteiger partial charge in [0.15, 0.2) is 0 Å². The van der Waals surface area contributed by atoms with Gasteiger partial charge in [0.2, 0.25) is 17.7 Å². The van der Waals surface area contributed by atoms with Gasteiger partial charge in [-0.3, -0.25) is 19.3 Å². The lowest BCUT2D eigenvalue weighted by molar-refractivity contribution is -0.839. The summed E-state index contributed by atoms with van der Waals surface area (Å²) in [6.07, 6.45) is 1.39. The van der Waals surface area contributed by atoms with Crippen molar-refractivity contribution in [1.82, 2.24) is 10.2 Å². The number of nitrogens with one attached hydrogen (secondary N) is 1. The number of likely N-dealkylation sites (tertiary alicyclic amines) is 1. The summed E-state index contributed by atoms with van der Waals surface area (Å²) in [6, 6.07) is 19.2. The highest BCUT2D eigenvalue weighted by Crippen LogP contribution is 2.39. The van der Waals surface area contributed by atoms with Gasteiger partial charge in [-0.2, -0.15) is 0 Å². The van der Waals surface area contributed by atoms with Crippen molar-refractivity contribution in [3.63, 3.8) is 0 Å². The predicted octanol–water partition coefficient (Wildman–Crippen LogP) is 3.25. The molecule has 6 atom stereocenters. The van der Waals surface area contributed by atoms with Gasteiger partial charge >= 0.3 is 0 Å². The molecule has 0 aromatic heterocycles. The van der Waals surface area contributed by atoms with Crippen LogP contribution in [0.15, 0.2) is 60.7 Å². The fourth-order valence-corrected chi connectivity index (χ4v) is 6.27. The molecule has 2 aromatic rings. The number of hydrogen-bond acceptors (Lipinski definition) is 7. The van der Waals surface area contributed by atoms with Crippen molar-refractivity contribution >= 4 is 23.7 Å². The van der Waals surface area contributed by atoms with Crippen LogP contribution in [0.1, 0.15) is 63.5 Å². The summed E-state index contributed by atoms with van der Waals surface area (Å²) in [5.74, 6) is -4.50. The molecule has 1 heterocycles. The molecule has 1 saturated heterocycles. The number of rotatable bonds is 15. The van der Waals surface area contributed by atoms with E-state index in [1.807, 2.05) is 81.4 Å². The van der Waals surface area contributed by atoms with Crippen LogP contribution in [0.4, 0.5) is 0 Å². The van der Waals surface area contributed by atoms with E-state index in [2.05, 4.69) is 5.32 Å². The van der Waals surface area contributed by atoms with Crippen LogP contribution >= 0.6 is 0 Å². The molecule has 1 fully saturated rings. The van der Waals surface area contributed by atoms with Gasteiger partial charge in [-0.1, -0.05) is 88.4 Å². The number of carboxylic acids is 1. The molecule has 1 aliphatic rings. The topological polar surface area (TPSA) is 153 Å². The monoisotopic (exact) mass is 653 g/mol. The molecule has 0 spiro atoms. The highest BCUT2D eigenvalue weighted by Gasteiger charge is 2.48. The highest BCUT2D eigenvalue weighted by molar-refractivity contribution is 6.05. The van der Waals surface area contributed by atoms with Gasteiger partial charge in [-0.15, -0.1) is 0 Å². The van der Waals surface area contributed by atoms with Crippen molar-refractivity contribution in [3.8, 4) is 0 Å². The zero-order valence-electron chi connectivity index (χ0n) is 29.2. The minimum atomic E-state index is -1.23. The quantitative estimate of drug-likeness (QED) is 0.176. The van der Waals surface area contributed by atoms with E-state index in [0.717, 1.165) is 17.5 Å². The Bertz CT molecular complexity index is 1310. The highest BCUT2D eigenvalue weighted by atomic mass is 16.5. The third-order valence-corrected chi connectivity index (χ3v) is 8.98. The summed E-state index contributed by atoms with van der Waals surface area (Å²) in [4.78, 5) is 50.6. The van der Waals surface area contributed by atoms with Crippen LogP contribution < -0.4 is 10.4 Å². The summed E-state index contributed by atoms with van der Waals surface area (Å²) in [6.45, 7) is 8.22. The van der Waals surface area contributed by atoms with Crippen LogP contribution in [0.3, 0.4) is 0 Å². The van der Waals surface area contributed by atoms with E-state index in [9.17, 15) is 34.7 Å². The van der Waals surface area contributed by atoms with E-state index in [4.69, 9.17) is 0 Å². The van der Waals surface area contributed by atoms with E-state index in [0.29, 0.717) is 6.42 Å². The lowest BCUT2D eigenvalue weighted by Gasteiger charge is -2.34. The van der Waals surface area contributed by atoms with Gasteiger partial charge in [0, 0.05) is 23.7 Å². The second kappa shape index (κ2) is 17.5. The number of nitrogens with zero attached hydrogens (tertiary/aromatic N) is 3. The lowest BCUT2D eigenvalue weighted by Crippen LogP contribution is -2.46. The third-order valence-electron chi connectivity index (χ3n) is 8.98. The van der Waals surface area contributed by atoms with Gasteiger partial charge in [0.25, 0.3) is 0 Å². The second-order valence-electron chi connectivity index (χ2n) is 13.5. The van der Waals surface area contributed by atoms with E-state index in [1.54, 1.807) is 6.92 Å². The molecule has 0 radical (unpaired) electrons. The molecular weight excluding hydrogens is 600 g/mol. The Balaban J connectivity index is 0.000000327. The minimum Gasteiger partial charge on any atom is -0.633 e. The first-order valence-electron chi connectivity index (χ1n) is 16.4. The Labute approximate surface area is 279 Å². The Kier molecular flexibility index (Phi) is 14.7. The molecule has 3 amide bonds. The molecule has 0 saturated carbocycles. The largest absolute Gasteiger partial charge is 0.633 e. The van der Waals surface area contributed by atoms with Crippen LogP contribution in [-0.2, 0) is 19.2 Å². The summed E-state index contributed by atoms with van der Waals surface area (Å²) in [7, 11) is 6.01. The number of benzene rings is 2. The van der Waals surface area contributed by atoms with Gasteiger partial charge in [0.05, 0.1) is 60.3 Å². The zero-order valence-corrected chi connectivity index (χ0v) is 29.2. The third kappa shape index (κ3) is 11.5. The van der Waals surface area contributed by atoms with Crippen molar-refractivity contribution in [2.24, 2.45) is 23.7 Å². The fraction of sp³-hybridized carbons (Fsp3) is 0.556. The van der Waals surface area contributed by atoms with Crippen LogP contribution in [0.2, 0.25) is 0 Å². The standard InChI is InChI=1S/C18H28N2O4.C18H26N2O3/c1-5-15(14-9-7-6-8-10-14)16(18(22)23)13(2)17(21)19-11-12-20(3,4)24;1-5-15(14-9-7-6-8-10-14)16-13(2)17(21)19(18(16)22)11-12-20(3,4)23/h6-10,13,15-16H,5,11-12H2,1-4H3,(H,19,21)(H,22,23);6-10,13,15-16H,5,11-12H2,1-4H3/p-1. The summed E-state index contributed by atoms with van der Waals surface area (Å²) in [5.41, 5.74) is 1.97. The van der Waals surface area contributed by atoms with Crippen molar-refractivity contribution in [3.05, 3.63) is 82.2 Å². The predicted molar refractivity (Wildman–Crippen MR) is 180 cm³/mol. The van der Waals surface area contributed by atoms with Gasteiger partial charge in [-0.25, -0.2) is 0 Å². The van der Waals surface area contributed by atoms with Crippen molar-refractivity contribution in [2.75, 3.05) is 54.4 Å². The van der Waals surface area contributed by atoms with Crippen molar-refractivity contribution in [1.29, 1.82) is 0 Å². The number of carbonyl (C=O) groups excluding carboxylic acids is 4. The molecule has 3 rings (SSSR count). The molecule has 1 aliphatic heterocycles. The maximum Gasteiger partial charge on any atom is 0.233 e. The average Bonchev–Trinajstić information content (AvgIpc) is 3.21. The first-order chi connectivity index (χ1) is 21.9. The molecule has 260 valence electrons. The smallest absolute Gasteiger partial charge is 0.233 e. The number of amides is 3. The summed E-state index contributed by atoms with van der Waals surface area (Å²) < 4.78 is -1.02. The number of imide groups is 1. The van der Waals surface area contributed by atoms with E-state index >= 15 is 0 Å². The molecule has 11 nitrogen and oxygen atoms in total. The Morgan fingerprint density at radius 3 is 1.79 bits per heavy atom. The van der Waals surface area contributed by atoms with Gasteiger partial charge < -0.3 is 34.9 Å².